The zero-order chi connectivity index (χ0) is 19.2. The van der Waals surface area contributed by atoms with Gasteiger partial charge in [-0.1, -0.05) is 29.8 Å². The van der Waals surface area contributed by atoms with Crippen LogP contribution in [0.15, 0.2) is 66.9 Å². The first-order chi connectivity index (χ1) is 13.0. The molecule has 0 aliphatic rings. The Morgan fingerprint density at radius 3 is 2.37 bits per heavy atom. The number of hydrogen-bond acceptors (Lipinski definition) is 4. The number of hydrogen-bond donors (Lipinski definition) is 3. The third-order valence-electron chi connectivity index (χ3n) is 3.59. The first-order valence-corrected chi connectivity index (χ1v) is 8.56. The van der Waals surface area contributed by atoms with Gasteiger partial charge in [-0.2, -0.15) is 0 Å². The second-order valence-corrected chi connectivity index (χ2v) is 6.16. The molecule has 0 saturated heterocycles. The fourth-order valence-electron chi connectivity index (χ4n) is 2.42. The minimum absolute atomic E-state index is 0.182. The van der Waals surface area contributed by atoms with Gasteiger partial charge < -0.3 is 16.0 Å². The predicted molar refractivity (Wildman–Crippen MR) is 108 cm³/mol. The molecular weight excluding hydrogens is 364 g/mol. The van der Waals surface area contributed by atoms with Gasteiger partial charge in [0, 0.05) is 30.2 Å². The lowest BCUT2D eigenvalue weighted by Gasteiger charge is -2.10. The molecule has 1 aromatic heterocycles. The highest BCUT2D eigenvalue weighted by atomic mass is 35.5. The number of aromatic nitrogens is 1. The molecule has 0 fully saturated rings. The van der Waals surface area contributed by atoms with Gasteiger partial charge in [-0.15, -0.1) is 0 Å². The van der Waals surface area contributed by atoms with Crippen molar-refractivity contribution in [3.63, 3.8) is 0 Å². The summed E-state index contributed by atoms with van der Waals surface area (Å²) in [6, 6.07) is 17.6. The molecule has 27 heavy (non-hydrogen) atoms. The number of rotatable bonds is 5. The average molecular weight is 381 g/mol. The standard InChI is InChI=1S/C20H17ClN4O2/c1-13(26)23-14-5-4-6-15(11-14)25-20(27)19-12-16(9-10-22-19)24-18-8-3-2-7-17(18)21/h2-12H,1H3,(H,22,24)(H,23,26)(H,25,27). The second kappa shape index (κ2) is 8.33. The van der Waals surface area contributed by atoms with E-state index in [1.165, 1.54) is 6.92 Å². The van der Waals surface area contributed by atoms with Crippen LogP contribution in [0, 0.1) is 0 Å². The van der Waals surface area contributed by atoms with Crippen LogP contribution in [0.1, 0.15) is 17.4 Å². The van der Waals surface area contributed by atoms with E-state index in [0.717, 1.165) is 5.69 Å². The van der Waals surface area contributed by atoms with Gasteiger partial charge in [0.25, 0.3) is 5.91 Å². The molecular formula is C20H17ClN4O2. The number of nitrogens with one attached hydrogen (secondary N) is 3. The Bertz CT molecular complexity index is 991. The Morgan fingerprint density at radius 1 is 0.889 bits per heavy atom. The first kappa shape index (κ1) is 18.4. The van der Waals surface area contributed by atoms with E-state index in [9.17, 15) is 9.59 Å². The maximum absolute atomic E-state index is 12.5. The van der Waals surface area contributed by atoms with Gasteiger partial charge in [0.2, 0.25) is 5.91 Å². The molecule has 0 spiro atoms. The lowest BCUT2D eigenvalue weighted by atomic mass is 10.2. The molecule has 0 atom stereocenters. The van der Waals surface area contributed by atoms with Crippen molar-refractivity contribution in [1.82, 2.24) is 4.98 Å². The van der Waals surface area contributed by atoms with E-state index < -0.39 is 0 Å². The van der Waals surface area contributed by atoms with Crippen LogP contribution in [0.25, 0.3) is 0 Å². The maximum Gasteiger partial charge on any atom is 0.274 e. The number of pyridine rings is 1. The Labute approximate surface area is 161 Å². The number of carbonyl (C=O) groups is 2. The summed E-state index contributed by atoms with van der Waals surface area (Å²) in [5.41, 5.74) is 2.83. The van der Waals surface area contributed by atoms with Crippen LogP contribution in [0.5, 0.6) is 0 Å². The number of amides is 2. The lowest BCUT2D eigenvalue weighted by molar-refractivity contribution is -0.114. The van der Waals surface area contributed by atoms with E-state index in [1.807, 2.05) is 18.2 Å². The quantitative estimate of drug-likeness (QED) is 0.599. The monoisotopic (exact) mass is 380 g/mol. The Kier molecular flexibility index (Phi) is 5.68. The molecule has 6 nitrogen and oxygen atoms in total. The molecule has 1 heterocycles. The van der Waals surface area contributed by atoms with Crippen LogP contribution in [0.3, 0.4) is 0 Å². The van der Waals surface area contributed by atoms with Crippen molar-refractivity contribution in [2.45, 2.75) is 6.92 Å². The summed E-state index contributed by atoms with van der Waals surface area (Å²) in [5, 5.41) is 9.18. The number of anilines is 4. The van der Waals surface area contributed by atoms with Crippen molar-refractivity contribution in [1.29, 1.82) is 0 Å². The third kappa shape index (κ3) is 5.05. The van der Waals surface area contributed by atoms with E-state index in [1.54, 1.807) is 48.7 Å². The highest BCUT2D eigenvalue weighted by Gasteiger charge is 2.10. The van der Waals surface area contributed by atoms with E-state index >= 15 is 0 Å². The summed E-state index contributed by atoms with van der Waals surface area (Å²) in [4.78, 5) is 27.8. The second-order valence-electron chi connectivity index (χ2n) is 5.75. The molecule has 0 unspecified atom stereocenters. The molecule has 0 aliphatic carbocycles. The van der Waals surface area contributed by atoms with E-state index in [0.29, 0.717) is 22.1 Å². The lowest BCUT2D eigenvalue weighted by Crippen LogP contribution is -2.14. The normalized spacial score (nSPS) is 10.1. The van der Waals surface area contributed by atoms with Crippen LogP contribution >= 0.6 is 11.6 Å². The molecule has 0 bridgehead atoms. The van der Waals surface area contributed by atoms with Gasteiger partial charge in [-0.3, -0.25) is 14.6 Å². The van der Waals surface area contributed by atoms with E-state index in [-0.39, 0.29) is 17.5 Å². The van der Waals surface area contributed by atoms with Crippen molar-refractivity contribution in [2.75, 3.05) is 16.0 Å². The van der Waals surface area contributed by atoms with Crippen LogP contribution in [0.2, 0.25) is 5.02 Å². The molecule has 3 rings (SSSR count). The molecule has 3 aromatic rings. The molecule has 0 aliphatic heterocycles. The predicted octanol–water partition coefficient (Wildman–Crippen LogP) is 4.69. The summed E-state index contributed by atoms with van der Waals surface area (Å²) in [5.74, 6) is -0.545. The van der Waals surface area contributed by atoms with Crippen LogP contribution in [0.4, 0.5) is 22.7 Å². The molecule has 136 valence electrons. The number of para-hydroxylation sites is 1. The van der Waals surface area contributed by atoms with Gasteiger partial charge in [-0.05, 0) is 42.5 Å². The fourth-order valence-corrected chi connectivity index (χ4v) is 2.61. The third-order valence-corrected chi connectivity index (χ3v) is 3.92. The van der Waals surface area contributed by atoms with E-state index in [4.69, 9.17) is 11.6 Å². The van der Waals surface area contributed by atoms with Crippen LogP contribution in [-0.2, 0) is 4.79 Å². The molecule has 3 N–H and O–H groups in total. The van der Waals surface area contributed by atoms with Gasteiger partial charge in [0.05, 0.1) is 10.7 Å². The molecule has 0 radical (unpaired) electrons. The fraction of sp³-hybridized carbons (Fsp3) is 0.0500. The van der Waals surface area contributed by atoms with Crippen molar-refractivity contribution >= 4 is 46.2 Å². The Morgan fingerprint density at radius 2 is 1.63 bits per heavy atom. The molecule has 7 heteroatoms. The van der Waals surface area contributed by atoms with Gasteiger partial charge in [-0.25, -0.2) is 0 Å². The minimum atomic E-state index is -0.363. The number of nitrogens with zero attached hydrogens (tertiary/aromatic N) is 1. The first-order valence-electron chi connectivity index (χ1n) is 8.18. The Balaban J connectivity index is 1.74. The number of benzene rings is 2. The van der Waals surface area contributed by atoms with Crippen molar-refractivity contribution < 1.29 is 9.59 Å². The van der Waals surface area contributed by atoms with Crippen molar-refractivity contribution in [3.05, 3.63) is 77.6 Å². The SMILES string of the molecule is CC(=O)Nc1cccc(NC(=O)c2cc(Nc3ccccc3Cl)ccn2)c1. The summed E-state index contributed by atoms with van der Waals surface area (Å²) >= 11 is 6.15. The topological polar surface area (TPSA) is 83.1 Å². The average Bonchev–Trinajstić information content (AvgIpc) is 2.64. The molecule has 2 aromatic carbocycles. The summed E-state index contributed by atoms with van der Waals surface area (Å²) in [7, 11) is 0. The van der Waals surface area contributed by atoms with Crippen LogP contribution in [-0.4, -0.2) is 16.8 Å². The molecule has 2 amide bonds. The van der Waals surface area contributed by atoms with Gasteiger partial charge in [0.15, 0.2) is 0 Å². The zero-order valence-electron chi connectivity index (χ0n) is 14.5. The number of carbonyl (C=O) groups excluding carboxylic acids is 2. The summed E-state index contributed by atoms with van der Waals surface area (Å²) in [6.07, 6.45) is 1.54. The maximum atomic E-state index is 12.5. The van der Waals surface area contributed by atoms with Gasteiger partial charge in [0.1, 0.15) is 5.69 Å². The Hall–Kier alpha value is -3.38. The molecule has 0 saturated carbocycles. The van der Waals surface area contributed by atoms with Crippen molar-refractivity contribution in [2.24, 2.45) is 0 Å². The van der Waals surface area contributed by atoms with Crippen LogP contribution < -0.4 is 16.0 Å². The smallest absolute Gasteiger partial charge is 0.274 e. The minimum Gasteiger partial charge on any atom is -0.354 e. The highest BCUT2D eigenvalue weighted by Crippen LogP contribution is 2.25. The highest BCUT2D eigenvalue weighted by molar-refractivity contribution is 6.33. The largest absolute Gasteiger partial charge is 0.354 e. The number of halogens is 1. The van der Waals surface area contributed by atoms with E-state index in [2.05, 4.69) is 20.9 Å². The summed E-state index contributed by atoms with van der Waals surface area (Å²) in [6.45, 7) is 1.42. The summed E-state index contributed by atoms with van der Waals surface area (Å²) < 4.78 is 0. The van der Waals surface area contributed by atoms with Gasteiger partial charge >= 0.3 is 0 Å². The zero-order valence-corrected chi connectivity index (χ0v) is 15.2. The van der Waals surface area contributed by atoms with Crippen molar-refractivity contribution in [3.8, 4) is 0 Å².